The predicted molar refractivity (Wildman–Crippen MR) is 113 cm³/mol. The van der Waals surface area contributed by atoms with Gasteiger partial charge in [0, 0.05) is 12.5 Å². The maximum absolute atomic E-state index is 14.0. The molecule has 162 valence electrons. The summed E-state index contributed by atoms with van der Waals surface area (Å²) in [5, 5.41) is -0.219. The maximum Gasteiger partial charge on any atom is 0.269 e. The molecule has 0 amide bonds. The molecule has 0 aliphatic rings. The summed E-state index contributed by atoms with van der Waals surface area (Å²) in [6.45, 7) is 1.74. The van der Waals surface area contributed by atoms with Crippen LogP contribution >= 0.6 is 0 Å². The molecule has 0 fully saturated rings. The number of fused-ring (bicyclic) bond motifs is 2. The van der Waals surface area contributed by atoms with Gasteiger partial charge in [-0.05, 0) is 24.3 Å². The number of nitrogens with zero attached hydrogens (tertiary/aromatic N) is 5. The third-order valence-corrected chi connectivity index (χ3v) is 4.64. The molecule has 5 aromatic rings. The van der Waals surface area contributed by atoms with Gasteiger partial charge in [0.25, 0.3) is 5.56 Å². The van der Waals surface area contributed by atoms with E-state index in [2.05, 4.69) is 24.9 Å². The van der Waals surface area contributed by atoms with Crippen molar-refractivity contribution in [1.29, 1.82) is 0 Å². The topological polar surface area (TPSA) is 115 Å². The predicted octanol–water partition coefficient (Wildman–Crippen LogP) is 3.30. The first-order valence-corrected chi connectivity index (χ1v) is 9.45. The van der Waals surface area contributed by atoms with E-state index in [1.807, 2.05) is 0 Å². The molecule has 0 aliphatic carbocycles. The lowest BCUT2D eigenvalue weighted by Crippen LogP contribution is -2.25. The molecule has 0 saturated heterocycles. The number of benzene rings is 2. The van der Waals surface area contributed by atoms with Gasteiger partial charge in [-0.15, -0.1) is 0 Å². The van der Waals surface area contributed by atoms with Crippen LogP contribution in [0, 0.1) is 17.5 Å². The lowest BCUT2D eigenvalue weighted by molar-refractivity contribution is 0.574. The number of nitrogens with two attached hydrogens (primary N) is 1. The highest BCUT2D eigenvalue weighted by Crippen LogP contribution is 2.18. The van der Waals surface area contributed by atoms with Crippen LogP contribution in [0.4, 0.5) is 19.0 Å². The van der Waals surface area contributed by atoms with Crippen LogP contribution in [-0.4, -0.2) is 29.5 Å². The van der Waals surface area contributed by atoms with Gasteiger partial charge in [0.2, 0.25) is 0 Å². The molecule has 0 aliphatic heterocycles. The molecule has 0 unspecified atom stereocenters. The fourth-order valence-electron chi connectivity index (χ4n) is 3.17. The Morgan fingerprint density at radius 2 is 1.88 bits per heavy atom. The zero-order valence-corrected chi connectivity index (χ0v) is 16.7. The van der Waals surface area contributed by atoms with Crippen LogP contribution in [-0.2, 0) is 6.42 Å². The zero-order valence-electron chi connectivity index (χ0n) is 16.7. The van der Waals surface area contributed by atoms with Crippen molar-refractivity contribution >= 4 is 27.9 Å². The fourth-order valence-corrected chi connectivity index (χ4v) is 3.17. The first kappa shape index (κ1) is 21.0. The Balaban J connectivity index is 0.000000203. The van der Waals surface area contributed by atoms with Crippen LogP contribution in [0.5, 0.6) is 0 Å². The molecule has 5 rings (SSSR count). The molecule has 0 saturated carbocycles. The van der Waals surface area contributed by atoms with Crippen LogP contribution in [0.3, 0.4) is 0 Å². The van der Waals surface area contributed by atoms with Gasteiger partial charge in [-0.2, -0.15) is 0 Å². The van der Waals surface area contributed by atoms with E-state index < -0.39 is 23.0 Å². The minimum Gasteiger partial charge on any atom is -0.382 e. The van der Waals surface area contributed by atoms with E-state index in [1.54, 1.807) is 6.92 Å². The van der Waals surface area contributed by atoms with Crippen molar-refractivity contribution in [3.05, 3.63) is 82.7 Å². The van der Waals surface area contributed by atoms with Crippen LogP contribution in [0.25, 0.3) is 27.8 Å². The molecule has 2 aromatic carbocycles. The minimum atomic E-state index is -0.908. The lowest BCUT2D eigenvalue weighted by Gasteiger charge is -2.13. The molecule has 0 bridgehead atoms. The van der Waals surface area contributed by atoms with E-state index in [-0.39, 0.29) is 22.4 Å². The van der Waals surface area contributed by atoms with E-state index >= 15 is 0 Å². The second-order valence-electron chi connectivity index (χ2n) is 6.61. The summed E-state index contributed by atoms with van der Waals surface area (Å²) in [4.78, 5) is 31.2. The highest BCUT2D eigenvalue weighted by Gasteiger charge is 2.17. The Hall–Kier alpha value is -4.28. The second kappa shape index (κ2) is 8.46. The SMILES string of the molecule is CCc1nc2cccc(F)c2c(=O)n1-c1ccc(F)cc1F.Nc1ncnc2nc[nH]c12. The number of aromatic nitrogens is 6. The van der Waals surface area contributed by atoms with Crippen molar-refractivity contribution in [3.8, 4) is 5.69 Å². The van der Waals surface area contributed by atoms with Gasteiger partial charge < -0.3 is 10.7 Å². The van der Waals surface area contributed by atoms with Gasteiger partial charge in [0.05, 0.1) is 17.5 Å². The number of H-pyrrole nitrogens is 1. The molecular weight excluding hydrogens is 423 g/mol. The van der Waals surface area contributed by atoms with Gasteiger partial charge in [-0.1, -0.05) is 13.0 Å². The lowest BCUT2D eigenvalue weighted by atomic mass is 10.2. The average Bonchev–Trinajstić information content (AvgIpc) is 3.25. The number of aromatic amines is 1. The summed E-state index contributed by atoms with van der Waals surface area (Å²) in [5.41, 5.74) is 6.12. The van der Waals surface area contributed by atoms with Crippen molar-refractivity contribution in [2.75, 3.05) is 5.73 Å². The van der Waals surface area contributed by atoms with Crippen molar-refractivity contribution in [1.82, 2.24) is 29.5 Å². The quantitative estimate of drug-likeness (QED) is 0.436. The van der Waals surface area contributed by atoms with Crippen molar-refractivity contribution in [3.63, 3.8) is 0 Å². The summed E-state index contributed by atoms with van der Waals surface area (Å²) >= 11 is 0. The molecule has 3 heterocycles. The fraction of sp³-hybridized carbons (Fsp3) is 0.0952. The minimum absolute atomic E-state index is 0.152. The smallest absolute Gasteiger partial charge is 0.269 e. The van der Waals surface area contributed by atoms with Crippen LogP contribution in [0.2, 0.25) is 0 Å². The first-order chi connectivity index (χ1) is 15.4. The zero-order chi connectivity index (χ0) is 22.8. The highest BCUT2D eigenvalue weighted by atomic mass is 19.1. The Bertz CT molecular complexity index is 1500. The number of nitrogens with one attached hydrogen (secondary N) is 1. The number of anilines is 1. The van der Waals surface area contributed by atoms with Gasteiger partial charge in [-0.25, -0.2) is 33.1 Å². The van der Waals surface area contributed by atoms with Crippen molar-refractivity contribution < 1.29 is 13.2 Å². The number of nitrogen functional groups attached to an aromatic ring is 1. The maximum atomic E-state index is 14.0. The van der Waals surface area contributed by atoms with E-state index in [0.29, 0.717) is 29.5 Å². The van der Waals surface area contributed by atoms with Gasteiger partial charge in [-0.3, -0.25) is 9.36 Å². The van der Waals surface area contributed by atoms with Gasteiger partial charge in [0.1, 0.15) is 40.5 Å². The molecule has 0 atom stereocenters. The second-order valence-corrected chi connectivity index (χ2v) is 6.61. The van der Waals surface area contributed by atoms with E-state index in [4.69, 9.17) is 5.73 Å². The first-order valence-electron chi connectivity index (χ1n) is 9.45. The van der Waals surface area contributed by atoms with Crippen LogP contribution < -0.4 is 11.3 Å². The molecule has 11 heteroatoms. The summed E-state index contributed by atoms with van der Waals surface area (Å²) in [5.74, 6) is -1.69. The molecule has 32 heavy (non-hydrogen) atoms. The molecule has 8 nitrogen and oxygen atoms in total. The Morgan fingerprint density at radius 1 is 1.06 bits per heavy atom. The highest BCUT2D eigenvalue weighted by molar-refractivity contribution is 5.80. The van der Waals surface area contributed by atoms with E-state index in [0.717, 1.165) is 22.8 Å². The number of halogens is 3. The Kier molecular flexibility index (Phi) is 5.54. The molecule has 0 radical (unpaired) electrons. The monoisotopic (exact) mass is 439 g/mol. The summed E-state index contributed by atoms with van der Waals surface area (Å²) in [7, 11) is 0. The molecule has 3 aromatic heterocycles. The third-order valence-electron chi connectivity index (χ3n) is 4.64. The van der Waals surface area contributed by atoms with Gasteiger partial charge >= 0.3 is 0 Å². The van der Waals surface area contributed by atoms with Crippen LogP contribution in [0.15, 0.2) is 53.8 Å². The normalized spacial score (nSPS) is 10.9. The number of aryl methyl sites for hydroxylation is 1. The van der Waals surface area contributed by atoms with E-state index in [1.165, 1.54) is 24.8 Å². The summed E-state index contributed by atoms with van der Waals surface area (Å²) in [6, 6.07) is 6.96. The molecular formula is C21H16F3N7O. The number of imidazole rings is 1. The number of hydrogen-bond donors (Lipinski definition) is 2. The van der Waals surface area contributed by atoms with Crippen molar-refractivity contribution in [2.45, 2.75) is 13.3 Å². The average molecular weight is 439 g/mol. The summed E-state index contributed by atoms with van der Waals surface area (Å²) < 4.78 is 42.0. The van der Waals surface area contributed by atoms with E-state index in [9.17, 15) is 18.0 Å². The summed E-state index contributed by atoms with van der Waals surface area (Å²) in [6.07, 6.45) is 3.26. The Labute approximate surface area is 178 Å². The number of rotatable bonds is 2. The van der Waals surface area contributed by atoms with Crippen LogP contribution in [0.1, 0.15) is 12.7 Å². The molecule has 0 spiro atoms. The van der Waals surface area contributed by atoms with Crippen molar-refractivity contribution in [2.24, 2.45) is 0 Å². The largest absolute Gasteiger partial charge is 0.382 e. The standard InChI is InChI=1S/C16H11F3N2O.C5H5N5/c1-2-14-20-12-5-3-4-10(18)15(12)16(22)21(14)13-7-6-9(17)8-11(13)19;6-4-3-5(9-1-7-3)10-2-8-4/h3-8H,2H2,1H3;1-2H,(H3,6,7,8,9,10). The van der Waals surface area contributed by atoms with Gasteiger partial charge in [0.15, 0.2) is 11.5 Å². The number of hydrogen-bond acceptors (Lipinski definition) is 6. The Morgan fingerprint density at radius 3 is 2.59 bits per heavy atom. The molecule has 3 N–H and O–H groups in total. The third kappa shape index (κ3) is 3.75.